The van der Waals surface area contributed by atoms with Crippen molar-refractivity contribution in [1.29, 1.82) is 0 Å². The number of amides is 2. The summed E-state index contributed by atoms with van der Waals surface area (Å²) in [5, 5.41) is 2.97. The van der Waals surface area contributed by atoms with E-state index in [0.717, 1.165) is 23.1 Å². The maximum Gasteiger partial charge on any atom is 0.261 e. The van der Waals surface area contributed by atoms with E-state index in [2.05, 4.69) is 5.32 Å². The molecule has 0 spiro atoms. The van der Waals surface area contributed by atoms with Crippen LogP contribution >= 0.6 is 0 Å². The molecular formula is C24H32N2O3. The molecule has 0 aliphatic rings. The highest BCUT2D eigenvalue weighted by atomic mass is 16.5. The van der Waals surface area contributed by atoms with Gasteiger partial charge >= 0.3 is 0 Å². The predicted octanol–water partition coefficient (Wildman–Crippen LogP) is 4.01. The molecule has 2 aromatic carbocycles. The topological polar surface area (TPSA) is 58.6 Å². The van der Waals surface area contributed by atoms with Crippen LogP contribution in [-0.4, -0.2) is 35.4 Å². The van der Waals surface area contributed by atoms with Crippen LogP contribution in [0.15, 0.2) is 48.5 Å². The fourth-order valence-electron chi connectivity index (χ4n) is 2.80. The lowest BCUT2D eigenvalue weighted by Crippen LogP contribution is -2.50. The normalized spacial score (nSPS) is 12.7. The van der Waals surface area contributed by atoms with Gasteiger partial charge in [-0.25, -0.2) is 0 Å². The van der Waals surface area contributed by atoms with Gasteiger partial charge in [0.15, 0.2) is 6.61 Å². The van der Waals surface area contributed by atoms with Crippen LogP contribution in [0.2, 0.25) is 0 Å². The average Bonchev–Trinajstić information content (AvgIpc) is 2.72. The second-order valence-electron chi connectivity index (χ2n) is 7.60. The number of ether oxygens (including phenoxy) is 1. The van der Waals surface area contributed by atoms with Crippen molar-refractivity contribution in [2.75, 3.05) is 6.61 Å². The van der Waals surface area contributed by atoms with Crippen LogP contribution in [0, 0.1) is 13.8 Å². The van der Waals surface area contributed by atoms with Crippen LogP contribution in [0.25, 0.3) is 0 Å². The van der Waals surface area contributed by atoms with Gasteiger partial charge in [-0.2, -0.15) is 0 Å². The number of carbonyl (C=O) groups is 2. The number of nitrogens with one attached hydrogen (secondary N) is 1. The van der Waals surface area contributed by atoms with Gasteiger partial charge in [0, 0.05) is 12.6 Å². The van der Waals surface area contributed by atoms with Gasteiger partial charge in [-0.15, -0.1) is 0 Å². The molecule has 0 aliphatic heterocycles. The van der Waals surface area contributed by atoms with Gasteiger partial charge in [0.2, 0.25) is 5.91 Å². The Morgan fingerprint density at radius 1 is 0.966 bits per heavy atom. The van der Waals surface area contributed by atoms with Gasteiger partial charge in [-0.05, 0) is 51.8 Å². The van der Waals surface area contributed by atoms with E-state index in [1.54, 1.807) is 11.8 Å². The molecule has 0 saturated heterocycles. The van der Waals surface area contributed by atoms with E-state index >= 15 is 0 Å². The van der Waals surface area contributed by atoms with Crippen LogP contribution in [-0.2, 0) is 16.1 Å². The summed E-state index contributed by atoms with van der Waals surface area (Å²) in [6, 6.07) is 15.0. The summed E-state index contributed by atoms with van der Waals surface area (Å²) in [6.07, 6.45) is 0.834. The number of carbonyl (C=O) groups excluding carboxylic acids is 2. The largest absolute Gasteiger partial charge is 0.484 e. The first-order chi connectivity index (χ1) is 13.8. The Kier molecular flexibility index (Phi) is 8.25. The molecule has 0 bridgehead atoms. The summed E-state index contributed by atoms with van der Waals surface area (Å²) in [5.41, 5.74) is 3.25. The van der Waals surface area contributed by atoms with Gasteiger partial charge in [-0.3, -0.25) is 9.59 Å². The van der Waals surface area contributed by atoms with Gasteiger partial charge in [-0.1, -0.05) is 54.4 Å². The Bertz CT molecular complexity index is 800. The first-order valence-corrected chi connectivity index (χ1v) is 10.1. The molecule has 0 aliphatic carbocycles. The maximum absolute atomic E-state index is 13.0. The maximum atomic E-state index is 13.0. The molecule has 5 nitrogen and oxygen atoms in total. The molecule has 2 aromatic rings. The Labute approximate surface area is 174 Å². The number of benzene rings is 2. The molecule has 0 fully saturated rings. The molecule has 2 amide bonds. The van der Waals surface area contributed by atoms with Crippen molar-refractivity contribution >= 4 is 11.8 Å². The number of aryl methyl sites for hydroxylation is 2. The third-order valence-corrected chi connectivity index (χ3v) is 5.03. The summed E-state index contributed by atoms with van der Waals surface area (Å²) in [6.45, 7) is 9.98. The quantitative estimate of drug-likeness (QED) is 0.697. The van der Waals surface area contributed by atoms with Crippen LogP contribution in [0.3, 0.4) is 0 Å². The minimum atomic E-state index is -0.598. The molecule has 0 radical (unpaired) electrons. The molecule has 0 unspecified atom stereocenters. The number of nitrogens with zero attached hydrogens (tertiary/aromatic N) is 1. The molecular weight excluding hydrogens is 364 g/mol. The number of hydrogen-bond donors (Lipinski definition) is 1. The third-order valence-electron chi connectivity index (χ3n) is 5.03. The van der Waals surface area contributed by atoms with E-state index in [9.17, 15) is 9.59 Å². The van der Waals surface area contributed by atoms with Crippen molar-refractivity contribution in [2.24, 2.45) is 0 Å². The van der Waals surface area contributed by atoms with Gasteiger partial charge in [0.05, 0.1) is 0 Å². The zero-order valence-corrected chi connectivity index (χ0v) is 18.1. The summed E-state index contributed by atoms with van der Waals surface area (Å²) in [5.74, 6) is 0.254. The van der Waals surface area contributed by atoms with Crippen molar-refractivity contribution in [3.63, 3.8) is 0 Å². The van der Waals surface area contributed by atoms with E-state index < -0.39 is 6.04 Å². The Morgan fingerprint density at radius 2 is 1.52 bits per heavy atom. The van der Waals surface area contributed by atoms with Crippen LogP contribution in [0.1, 0.15) is 43.9 Å². The molecule has 0 saturated carbocycles. The summed E-state index contributed by atoms with van der Waals surface area (Å²) in [7, 11) is 0. The Hall–Kier alpha value is -2.82. The zero-order chi connectivity index (χ0) is 21.4. The van der Waals surface area contributed by atoms with E-state index in [0.29, 0.717) is 12.3 Å². The molecule has 2 atom stereocenters. The highest BCUT2D eigenvalue weighted by Gasteiger charge is 2.27. The molecule has 2 rings (SSSR count). The van der Waals surface area contributed by atoms with Crippen molar-refractivity contribution in [2.45, 2.75) is 59.7 Å². The fourth-order valence-corrected chi connectivity index (χ4v) is 2.80. The molecule has 29 heavy (non-hydrogen) atoms. The lowest BCUT2D eigenvalue weighted by molar-refractivity contribution is -0.142. The fraction of sp³-hybridized carbons (Fsp3) is 0.417. The lowest BCUT2D eigenvalue weighted by atomic mass is 10.1. The predicted molar refractivity (Wildman–Crippen MR) is 116 cm³/mol. The SMILES string of the molecule is CC[C@@H](C)NC(=O)[C@H](C)N(Cc1ccc(C)cc1)C(=O)COc1ccc(C)cc1. The minimum absolute atomic E-state index is 0.0603. The van der Waals surface area contributed by atoms with Crippen LogP contribution < -0.4 is 10.1 Å². The minimum Gasteiger partial charge on any atom is -0.484 e. The first kappa shape index (κ1) is 22.5. The molecule has 5 heteroatoms. The van der Waals surface area contributed by atoms with Crippen molar-refractivity contribution in [3.8, 4) is 5.75 Å². The van der Waals surface area contributed by atoms with E-state index in [1.807, 2.05) is 76.2 Å². The van der Waals surface area contributed by atoms with E-state index in [-0.39, 0.29) is 24.5 Å². The lowest BCUT2D eigenvalue weighted by Gasteiger charge is -2.29. The smallest absolute Gasteiger partial charge is 0.261 e. The molecule has 156 valence electrons. The highest BCUT2D eigenvalue weighted by Crippen LogP contribution is 2.14. The highest BCUT2D eigenvalue weighted by molar-refractivity contribution is 5.88. The summed E-state index contributed by atoms with van der Waals surface area (Å²) >= 11 is 0. The zero-order valence-electron chi connectivity index (χ0n) is 18.1. The van der Waals surface area contributed by atoms with Gasteiger partial charge in [0.25, 0.3) is 5.91 Å². The van der Waals surface area contributed by atoms with Crippen molar-refractivity contribution in [3.05, 3.63) is 65.2 Å². The third kappa shape index (κ3) is 6.93. The molecule has 1 N–H and O–H groups in total. The number of hydrogen-bond acceptors (Lipinski definition) is 3. The van der Waals surface area contributed by atoms with Crippen LogP contribution in [0.5, 0.6) is 5.75 Å². The second kappa shape index (κ2) is 10.6. The molecule has 0 aromatic heterocycles. The van der Waals surface area contributed by atoms with Gasteiger partial charge < -0.3 is 15.0 Å². The standard InChI is InChI=1S/C24H32N2O3/c1-6-19(4)25-24(28)20(5)26(15-21-11-7-17(2)8-12-21)23(27)16-29-22-13-9-18(3)10-14-22/h7-14,19-20H,6,15-16H2,1-5H3,(H,25,28)/t19-,20+/m1/s1. The van der Waals surface area contributed by atoms with E-state index in [1.165, 1.54) is 0 Å². The van der Waals surface area contributed by atoms with Crippen LogP contribution in [0.4, 0.5) is 0 Å². The number of rotatable bonds is 9. The van der Waals surface area contributed by atoms with Crippen molar-refractivity contribution < 1.29 is 14.3 Å². The Morgan fingerprint density at radius 3 is 2.07 bits per heavy atom. The summed E-state index contributed by atoms with van der Waals surface area (Å²) in [4.78, 5) is 27.2. The van der Waals surface area contributed by atoms with E-state index in [4.69, 9.17) is 4.74 Å². The Balaban J connectivity index is 2.13. The average molecular weight is 397 g/mol. The second-order valence-corrected chi connectivity index (χ2v) is 7.60. The van der Waals surface area contributed by atoms with Crippen molar-refractivity contribution in [1.82, 2.24) is 10.2 Å². The monoisotopic (exact) mass is 396 g/mol. The molecule has 0 heterocycles. The first-order valence-electron chi connectivity index (χ1n) is 10.1. The van der Waals surface area contributed by atoms with Gasteiger partial charge in [0.1, 0.15) is 11.8 Å². The summed E-state index contributed by atoms with van der Waals surface area (Å²) < 4.78 is 5.67.